The number of sulfonamides is 1. The lowest BCUT2D eigenvalue weighted by molar-refractivity contribution is -0.137. The summed E-state index contributed by atoms with van der Waals surface area (Å²) in [6.07, 6.45) is -5.24. The summed E-state index contributed by atoms with van der Waals surface area (Å²) in [5, 5.41) is 0. The van der Waals surface area contributed by atoms with Crippen molar-refractivity contribution in [2.45, 2.75) is 73.1 Å². The summed E-state index contributed by atoms with van der Waals surface area (Å²) < 4.78 is 120. The van der Waals surface area contributed by atoms with Gasteiger partial charge in [-0.05, 0) is 88.9 Å². The maximum Gasteiger partial charge on any atom is 0.416 e. The van der Waals surface area contributed by atoms with Crippen LogP contribution in [-0.2, 0) is 30.8 Å². The van der Waals surface area contributed by atoms with Gasteiger partial charge in [-0.1, -0.05) is 0 Å². The maximum absolute atomic E-state index is 14.9. The van der Waals surface area contributed by atoms with E-state index in [2.05, 4.69) is 4.72 Å². The second-order valence-electron chi connectivity index (χ2n) is 9.65. The largest absolute Gasteiger partial charge is 0.416 e. The summed E-state index contributed by atoms with van der Waals surface area (Å²) >= 11 is 0. The van der Waals surface area contributed by atoms with Gasteiger partial charge in [0.2, 0.25) is 10.0 Å². The van der Waals surface area contributed by atoms with Crippen LogP contribution in [0.4, 0.5) is 22.0 Å². The van der Waals surface area contributed by atoms with E-state index in [0.717, 1.165) is 30.3 Å². The minimum atomic E-state index is -4.68. The molecule has 0 atom stereocenters. The molecule has 35 heavy (non-hydrogen) atoms. The Hall–Kier alpha value is -2.05. The van der Waals surface area contributed by atoms with E-state index in [1.165, 1.54) is 20.8 Å². The molecule has 0 amide bonds. The van der Waals surface area contributed by atoms with Crippen LogP contribution in [0.15, 0.2) is 47.4 Å². The van der Waals surface area contributed by atoms with Crippen LogP contribution >= 0.6 is 0 Å². The predicted molar refractivity (Wildman–Crippen MR) is 121 cm³/mol. The molecule has 1 fully saturated rings. The first-order chi connectivity index (χ1) is 15.9. The Kier molecular flexibility index (Phi) is 7.17. The van der Waals surface area contributed by atoms with E-state index in [-0.39, 0.29) is 25.7 Å². The molecule has 1 aliphatic rings. The zero-order valence-corrected chi connectivity index (χ0v) is 20.9. The van der Waals surface area contributed by atoms with Gasteiger partial charge in [0, 0.05) is 11.6 Å². The quantitative estimate of drug-likeness (QED) is 0.522. The average Bonchev–Trinajstić information content (AvgIpc) is 2.74. The second kappa shape index (κ2) is 9.11. The van der Waals surface area contributed by atoms with Crippen LogP contribution in [0.1, 0.15) is 57.6 Å². The van der Waals surface area contributed by atoms with E-state index in [4.69, 9.17) is 0 Å². The standard InChI is InChI=1S/C23H26F5NO4S2/c1-21(2,3)35(32,33)29-17-10-12-22(13-11-17,19-14-16(24)6-9-20(19)25)34(30,31)18-7-4-15(5-8-18)23(26,27)28/h4-9,14,17,29H,10-13H2,1-3H3/t17-,22+. The summed E-state index contributed by atoms with van der Waals surface area (Å²) in [6.45, 7) is 4.50. The van der Waals surface area contributed by atoms with Crippen LogP contribution < -0.4 is 4.72 Å². The molecule has 2 aromatic rings. The Labute approximate surface area is 201 Å². The lowest BCUT2D eigenvalue weighted by Gasteiger charge is -2.40. The van der Waals surface area contributed by atoms with Gasteiger partial charge < -0.3 is 0 Å². The third kappa shape index (κ3) is 5.24. The smallest absolute Gasteiger partial charge is 0.223 e. The summed E-state index contributed by atoms with van der Waals surface area (Å²) in [5.41, 5.74) is -1.49. The molecule has 0 radical (unpaired) electrons. The lowest BCUT2D eigenvalue weighted by atomic mass is 9.80. The molecule has 1 N–H and O–H groups in total. The molecule has 0 saturated heterocycles. The van der Waals surface area contributed by atoms with Crippen LogP contribution in [-0.4, -0.2) is 27.6 Å². The van der Waals surface area contributed by atoms with E-state index < -0.39 is 69.2 Å². The van der Waals surface area contributed by atoms with Crippen molar-refractivity contribution in [2.24, 2.45) is 0 Å². The van der Waals surface area contributed by atoms with Crippen LogP contribution in [0.3, 0.4) is 0 Å². The Morgan fingerprint density at radius 1 is 0.886 bits per heavy atom. The van der Waals surface area contributed by atoms with Crippen molar-refractivity contribution in [3.8, 4) is 0 Å². The van der Waals surface area contributed by atoms with Gasteiger partial charge >= 0.3 is 6.18 Å². The highest BCUT2D eigenvalue weighted by molar-refractivity contribution is 7.92. The molecule has 2 aromatic carbocycles. The monoisotopic (exact) mass is 539 g/mol. The lowest BCUT2D eigenvalue weighted by Crippen LogP contribution is -2.49. The van der Waals surface area contributed by atoms with Crippen molar-refractivity contribution < 1.29 is 38.8 Å². The zero-order chi connectivity index (χ0) is 26.4. The van der Waals surface area contributed by atoms with Crippen LogP contribution in [0, 0.1) is 11.6 Å². The molecule has 194 valence electrons. The first-order valence-corrected chi connectivity index (χ1v) is 13.8. The number of hydrogen-bond donors (Lipinski definition) is 1. The fourth-order valence-corrected chi connectivity index (χ4v) is 7.37. The minimum Gasteiger partial charge on any atom is -0.223 e. The van der Waals surface area contributed by atoms with Crippen molar-refractivity contribution in [1.82, 2.24) is 4.72 Å². The van der Waals surface area contributed by atoms with Crippen molar-refractivity contribution >= 4 is 19.9 Å². The molecule has 5 nitrogen and oxygen atoms in total. The molecule has 3 rings (SSSR count). The van der Waals surface area contributed by atoms with Gasteiger partial charge in [0.1, 0.15) is 16.4 Å². The minimum absolute atomic E-state index is 0.00880. The summed E-state index contributed by atoms with van der Waals surface area (Å²) in [4.78, 5) is -0.470. The topological polar surface area (TPSA) is 80.3 Å². The summed E-state index contributed by atoms with van der Waals surface area (Å²) in [5.74, 6) is -1.85. The van der Waals surface area contributed by atoms with Gasteiger partial charge in [-0.2, -0.15) is 13.2 Å². The van der Waals surface area contributed by atoms with Crippen LogP contribution in [0.25, 0.3) is 0 Å². The van der Waals surface area contributed by atoms with Crippen molar-refractivity contribution in [2.75, 3.05) is 0 Å². The molecule has 0 spiro atoms. The number of hydrogen-bond acceptors (Lipinski definition) is 4. The maximum atomic E-state index is 14.9. The third-order valence-corrected chi connectivity index (χ3v) is 11.2. The highest BCUT2D eigenvalue weighted by atomic mass is 32.2. The van der Waals surface area contributed by atoms with Gasteiger partial charge in [0.05, 0.1) is 15.2 Å². The van der Waals surface area contributed by atoms with Gasteiger partial charge in [0.25, 0.3) is 0 Å². The summed E-state index contributed by atoms with van der Waals surface area (Å²) in [6, 6.07) is 4.58. The van der Waals surface area contributed by atoms with Gasteiger partial charge in [-0.25, -0.2) is 30.3 Å². The Bertz CT molecular complexity index is 1290. The van der Waals surface area contributed by atoms with E-state index in [9.17, 15) is 38.8 Å². The number of sulfone groups is 1. The number of benzene rings is 2. The first kappa shape index (κ1) is 27.5. The molecule has 1 saturated carbocycles. The first-order valence-electron chi connectivity index (χ1n) is 10.8. The number of alkyl halides is 3. The second-order valence-corrected chi connectivity index (χ2v) is 14.4. The fraction of sp³-hybridized carbons (Fsp3) is 0.478. The normalized spacial score (nSPS) is 22.2. The number of halogens is 5. The average molecular weight is 540 g/mol. The van der Waals surface area contributed by atoms with Crippen molar-refractivity contribution in [3.05, 3.63) is 65.2 Å². The molecule has 12 heteroatoms. The van der Waals surface area contributed by atoms with Gasteiger partial charge in [-0.15, -0.1) is 0 Å². The molecular weight excluding hydrogens is 513 g/mol. The van der Waals surface area contributed by atoms with Gasteiger partial charge in [-0.3, -0.25) is 0 Å². The Morgan fingerprint density at radius 3 is 1.91 bits per heavy atom. The summed E-state index contributed by atoms with van der Waals surface area (Å²) in [7, 11) is -8.29. The molecule has 0 aromatic heterocycles. The van der Waals surface area contributed by atoms with E-state index in [1.54, 1.807) is 0 Å². The highest BCUT2D eigenvalue weighted by Gasteiger charge is 2.51. The van der Waals surface area contributed by atoms with Crippen LogP contribution in [0.5, 0.6) is 0 Å². The SMILES string of the molecule is CC(C)(C)S(=O)(=O)N[C@H]1CC[C@@](c2cc(F)ccc2F)(S(=O)(=O)c2ccc(C(F)(F)F)cc2)CC1. The molecule has 1 aliphatic carbocycles. The van der Waals surface area contributed by atoms with E-state index in [1.807, 2.05) is 0 Å². The number of nitrogens with one attached hydrogen (secondary N) is 1. The molecule has 0 heterocycles. The van der Waals surface area contributed by atoms with Gasteiger partial charge in [0.15, 0.2) is 9.84 Å². The predicted octanol–water partition coefficient (Wildman–Crippen LogP) is 5.31. The Balaban J connectivity index is 2.06. The Morgan fingerprint density at radius 2 is 1.43 bits per heavy atom. The van der Waals surface area contributed by atoms with E-state index in [0.29, 0.717) is 12.1 Å². The van der Waals surface area contributed by atoms with Crippen molar-refractivity contribution in [3.63, 3.8) is 0 Å². The fourth-order valence-electron chi connectivity index (χ4n) is 4.18. The third-order valence-electron chi connectivity index (χ3n) is 6.35. The molecule has 0 unspecified atom stereocenters. The molecular formula is C23H26F5NO4S2. The molecule has 0 aliphatic heterocycles. The zero-order valence-electron chi connectivity index (χ0n) is 19.3. The van der Waals surface area contributed by atoms with E-state index >= 15 is 0 Å². The highest BCUT2D eigenvalue weighted by Crippen LogP contribution is 2.48. The van der Waals surface area contributed by atoms with Crippen molar-refractivity contribution in [1.29, 1.82) is 0 Å². The number of rotatable bonds is 5. The van der Waals surface area contributed by atoms with Crippen LogP contribution in [0.2, 0.25) is 0 Å². The molecule has 0 bridgehead atoms.